The molecule has 3 aromatic rings. The number of hydrogen-bond donors (Lipinski definition) is 1. The Morgan fingerprint density at radius 1 is 0.889 bits per heavy atom. The number of benzene rings is 3. The summed E-state index contributed by atoms with van der Waals surface area (Å²) in [5.74, 6) is 1.01. The molecule has 0 aromatic heterocycles. The van der Waals surface area contributed by atoms with Gasteiger partial charge < -0.3 is 15.3 Å². The highest BCUT2D eigenvalue weighted by molar-refractivity contribution is 5.97. The van der Waals surface area contributed by atoms with E-state index in [9.17, 15) is 0 Å². The lowest BCUT2D eigenvalue weighted by Crippen LogP contribution is -2.13. The molecule has 3 rings (SSSR count). The minimum Gasteiger partial charge on any atom is -0.489 e. The van der Waals surface area contributed by atoms with Crippen LogP contribution in [-0.4, -0.2) is 5.84 Å². The highest BCUT2D eigenvalue weighted by atomic mass is 16.6. The summed E-state index contributed by atoms with van der Waals surface area (Å²) in [6, 6.07) is 26.6. The van der Waals surface area contributed by atoms with Crippen LogP contribution in [0.2, 0.25) is 0 Å². The Morgan fingerprint density at radius 3 is 2.33 bits per heavy atom. The first-order valence-corrected chi connectivity index (χ1v) is 8.47. The second-order valence-corrected chi connectivity index (χ2v) is 5.82. The average molecular weight is 357 g/mol. The Balaban J connectivity index is 1.56. The van der Waals surface area contributed by atoms with Crippen LogP contribution in [-0.2, 0) is 18.1 Å². The van der Waals surface area contributed by atoms with E-state index >= 15 is 0 Å². The van der Waals surface area contributed by atoms with Crippen LogP contribution in [0.5, 0.6) is 5.75 Å². The maximum atomic E-state index is 9.07. The molecule has 5 nitrogen and oxygen atoms in total. The van der Waals surface area contributed by atoms with Gasteiger partial charge in [-0.15, -0.1) is 0 Å². The summed E-state index contributed by atoms with van der Waals surface area (Å²) in [7, 11) is 0. The van der Waals surface area contributed by atoms with Gasteiger partial charge in [0.15, 0.2) is 5.84 Å². The predicted octanol–water partition coefficient (Wildman–Crippen LogP) is 3.97. The summed E-state index contributed by atoms with van der Waals surface area (Å²) in [6.45, 7) is 0.688. The van der Waals surface area contributed by atoms with Gasteiger partial charge in [-0.1, -0.05) is 53.7 Å². The van der Waals surface area contributed by atoms with Crippen molar-refractivity contribution in [3.05, 3.63) is 101 Å². The summed E-state index contributed by atoms with van der Waals surface area (Å²) in [6.07, 6.45) is 0. The summed E-state index contributed by atoms with van der Waals surface area (Å²) in [5, 5.41) is 13.0. The smallest absolute Gasteiger partial charge is 0.170 e. The van der Waals surface area contributed by atoms with Crippen LogP contribution in [0.3, 0.4) is 0 Å². The molecule has 27 heavy (non-hydrogen) atoms. The zero-order valence-electron chi connectivity index (χ0n) is 14.7. The number of hydrogen-bond acceptors (Lipinski definition) is 4. The second-order valence-electron chi connectivity index (χ2n) is 5.82. The third-order valence-corrected chi connectivity index (χ3v) is 3.92. The lowest BCUT2D eigenvalue weighted by molar-refractivity contribution is 0.130. The normalized spacial score (nSPS) is 10.9. The molecule has 0 atom stereocenters. The van der Waals surface area contributed by atoms with Crippen molar-refractivity contribution >= 4 is 5.84 Å². The topological polar surface area (TPSA) is 80.6 Å². The van der Waals surface area contributed by atoms with Gasteiger partial charge in [0.1, 0.15) is 19.0 Å². The van der Waals surface area contributed by atoms with Crippen LogP contribution < -0.4 is 10.5 Å². The molecule has 0 unspecified atom stereocenters. The van der Waals surface area contributed by atoms with Crippen LogP contribution in [0.25, 0.3) is 0 Å². The van der Waals surface area contributed by atoms with E-state index in [0.29, 0.717) is 12.2 Å². The summed E-state index contributed by atoms with van der Waals surface area (Å²) in [5.41, 5.74) is 9.13. The van der Waals surface area contributed by atoms with E-state index in [1.807, 2.05) is 66.7 Å². The van der Waals surface area contributed by atoms with Crippen molar-refractivity contribution in [1.82, 2.24) is 0 Å². The minimum absolute atomic E-state index is 0.183. The molecule has 0 aliphatic heterocycles. The molecular weight excluding hydrogens is 338 g/mol. The fourth-order valence-corrected chi connectivity index (χ4v) is 2.44. The molecule has 0 aliphatic carbocycles. The molecule has 0 aliphatic rings. The number of nitriles is 1. The van der Waals surface area contributed by atoms with Crippen molar-refractivity contribution in [3.8, 4) is 11.8 Å². The van der Waals surface area contributed by atoms with Gasteiger partial charge in [-0.2, -0.15) is 5.26 Å². The summed E-state index contributed by atoms with van der Waals surface area (Å²) >= 11 is 0. The highest BCUT2D eigenvalue weighted by Crippen LogP contribution is 2.15. The van der Waals surface area contributed by atoms with E-state index in [0.717, 1.165) is 22.4 Å². The molecule has 0 bridgehead atoms. The second kappa shape index (κ2) is 9.07. The molecule has 134 valence electrons. The lowest BCUT2D eigenvalue weighted by Gasteiger charge is -2.07. The van der Waals surface area contributed by atoms with Gasteiger partial charge in [-0.05, 0) is 35.9 Å². The fraction of sp³-hybridized carbons (Fsp3) is 0.0909. The first kappa shape index (κ1) is 18.0. The first-order valence-electron chi connectivity index (χ1n) is 8.47. The molecule has 2 N–H and O–H groups in total. The largest absolute Gasteiger partial charge is 0.489 e. The van der Waals surface area contributed by atoms with E-state index < -0.39 is 0 Å². The zero-order valence-corrected chi connectivity index (χ0v) is 14.7. The molecule has 0 radical (unpaired) electrons. The Bertz CT molecular complexity index is 945. The zero-order chi connectivity index (χ0) is 18.9. The van der Waals surface area contributed by atoms with Gasteiger partial charge in [0.2, 0.25) is 0 Å². The lowest BCUT2D eigenvalue weighted by atomic mass is 10.1. The Hall–Kier alpha value is -3.78. The first-order chi connectivity index (χ1) is 13.3. The summed E-state index contributed by atoms with van der Waals surface area (Å²) in [4.78, 5) is 5.29. The summed E-state index contributed by atoms with van der Waals surface area (Å²) < 4.78 is 5.75. The number of oxime groups is 1. The Labute approximate surface area is 158 Å². The Kier molecular flexibility index (Phi) is 6.05. The van der Waals surface area contributed by atoms with Gasteiger partial charge in [0.05, 0.1) is 11.6 Å². The van der Waals surface area contributed by atoms with Crippen molar-refractivity contribution in [2.75, 3.05) is 0 Å². The third-order valence-electron chi connectivity index (χ3n) is 3.92. The standard InChI is InChI=1S/C22H19N3O2/c23-14-19-8-4-5-9-20(19)16-27-25-22(24)18-10-12-21(13-11-18)26-15-17-6-2-1-3-7-17/h1-13H,15-16H2,(H2,24,25). The number of ether oxygens (including phenoxy) is 1. The van der Waals surface area contributed by atoms with Crippen molar-refractivity contribution in [3.63, 3.8) is 0 Å². The van der Waals surface area contributed by atoms with Crippen molar-refractivity contribution in [1.29, 1.82) is 5.26 Å². The quantitative estimate of drug-likeness (QED) is 0.394. The maximum Gasteiger partial charge on any atom is 0.170 e. The highest BCUT2D eigenvalue weighted by Gasteiger charge is 2.03. The Morgan fingerprint density at radius 2 is 1.59 bits per heavy atom. The molecule has 0 spiro atoms. The monoisotopic (exact) mass is 357 g/mol. The van der Waals surface area contributed by atoms with Gasteiger partial charge in [-0.25, -0.2) is 0 Å². The molecule has 0 heterocycles. The van der Waals surface area contributed by atoms with E-state index in [-0.39, 0.29) is 12.4 Å². The van der Waals surface area contributed by atoms with Crippen LogP contribution >= 0.6 is 0 Å². The average Bonchev–Trinajstić information content (AvgIpc) is 2.73. The van der Waals surface area contributed by atoms with Crippen molar-refractivity contribution < 1.29 is 9.57 Å². The van der Waals surface area contributed by atoms with E-state index in [2.05, 4.69) is 11.2 Å². The van der Waals surface area contributed by atoms with Crippen LogP contribution in [0.15, 0.2) is 84.0 Å². The van der Waals surface area contributed by atoms with Gasteiger partial charge in [0, 0.05) is 11.1 Å². The molecule has 0 saturated carbocycles. The van der Waals surface area contributed by atoms with Crippen molar-refractivity contribution in [2.45, 2.75) is 13.2 Å². The molecule has 5 heteroatoms. The minimum atomic E-state index is 0.183. The molecule has 3 aromatic carbocycles. The maximum absolute atomic E-state index is 9.07. The number of amidine groups is 1. The molecule has 0 fully saturated rings. The van der Waals surface area contributed by atoms with Crippen molar-refractivity contribution in [2.24, 2.45) is 10.9 Å². The van der Waals surface area contributed by atoms with Crippen LogP contribution in [0.4, 0.5) is 0 Å². The van der Waals surface area contributed by atoms with Gasteiger partial charge in [0.25, 0.3) is 0 Å². The SMILES string of the molecule is N#Cc1ccccc1CO/N=C(/N)c1ccc(OCc2ccccc2)cc1. The molecule has 0 saturated heterocycles. The van der Waals surface area contributed by atoms with E-state index in [1.54, 1.807) is 12.1 Å². The van der Waals surface area contributed by atoms with E-state index in [4.69, 9.17) is 20.6 Å². The third kappa shape index (κ3) is 5.10. The van der Waals surface area contributed by atoms with Crippen LogP contribution in [0.1, 0.15) is 22.3 Å². The predicted molar refractivity (Wildman–Crippen MR) is 104 cm³/mol. The number of nitrogens with zero attached hydrogens (tertiary/aromatic N) is 2. The fourth-order valence-electron chi connectivity index (χ4n) is 2.44. The molecular formula is C22H19N3O2. The number of nitrogens with two attached hydrogens (primary N) is 1. The molecule has 0 amide bonds. The van der Waals surface area contributed by atoms with E-state index in [1.165, 1.54) is 0 Å². The van der Waals surface area contributed by atoms with Gasteiger partial charge in [-0.3, -0.25) is 0 Å². The van der Waals surface area contributed by atoms with Gasteiger partial charge >= 0.3 is 0 Å². The number of rotatable bonds is 7. The van der Waals surface area contributed by atoms with Crippen LogP contribution in [0, 0.1) is 11.3 Å².